The Bertz CT molecular complexity index is 926. The number of carbonyl (C=O) groups excluding carboxylic acids is 4. The van der Waals surface area contributed by atoms with E-state index in [1.165, 1.54) is 23.9 Å². The molecule has 0 heterocycles. The van der Waals surface area contributed by atoms with Crippen molar-refractivity contribution in [2.24, 2.45) is 17.4 Å². The third-order valence-corrected chi connectivity index (χ3v) is 5.89. The van der Waals surface area contributed by atoms with E-state index in [2.05, 4.69) is 16.0 Å². The number of thioether (sulfide) groups is 1. The van der Waals surface area contributed by atoms with Gasteiger partial charge in [0.25, 0.3) is 0 Å². The van der Waals surface area contributed by atoms with Crippen molar-refractivity contribution in [2.45, 2.75) is 57.3 Å². The van der Waals surface area contributed by atoms with E-state index in [1.54, 1.807) is 32.2 Å². The summed E-state index contributed by atoms with van der Waals surface area (Å²) in [4.78, 5) is 61.4. The Balaban J connectivity index is 2.95. The van der Waals surface area contributed by atoms with Gasteiger partial charge in [-0.2, -0.15) is 11.8 Å². The number of amides is 4. The minimum absolute atomic E-state index is 0.0538. The first-order valence-electron chi connectivity index (χ1n) is 11.3. The van der Waals surface area contributed by atoms with Crippen LogP contribution in [0.5, 0.6) is 5.75 Å². The number of phenolic OH excluding ortho intramolecular Hbond substituents is 1. The lowest BCUT2D eigenvalue weighted by Gasteiger charge is -2.25. The maximum atomic E-state index is 13.0. The maximum Gasteiger partial charge on any atom is 0.326 e. The van der Waals surface area contributed by atoms with E-state index < -0.39 is 66.1 Å². The Labute approximate surface area is 213 Å². The van der Waals surface area contributed by atoms with Gasteiger partial charge in [0.15, 0.2) is 0 Å². The molecule has 0 bridgehead atoms. The van der Waals surface area contributed by atoms with E-state index in [0.717, 1.165) is 0 Å². The Morgan fingerprint density at radius 3 is 2.00 bits per heavy atom. The van der Waals surface area contributed by atoms with Gasteiger partial charge < -0.3 is 37.6 Å². The topological polar surface area (TPSA) is 214 Å². The number of carboxylic acid groups (broad SMARTS) is 1. The van der Waals surface area contributed by atoms with Gasteiger partial charge in [-0.1, -0.05) is 26.0 Å². The number of carbonyl (C=O) groups is 5. The molecule has 4 atom stereocenters. The maximum absolute atomic E-state index is 13.0. The van der Waals surface area contributed by atoms with Crippen LogP contribution in [0.2, 0.25) is 0 Å². The lowest BCUT2D eigenvalue weighted by molar-refractivity contribution is -0.143. The van der Waals surface area contributed by atoms with E-state index in [-0.39, 0.29) is 18.6 Å². The molecule has 12 nitrogen and oxygen atoms in total. The van der Waals surface area contributed by atoms with Crippen LogP contribution in [0.15, 0.2) is 24.3 Å². The molecule has 0 aliphatic carbocycles. The van der Waals surface area contributed by atoms with Gasteiger partial charge in [0.2, 0.25) is 23.6 Å². The predicted molar refractivity (Wildman–Crippen MR) is 135 cm³/mol. The van der Waals surface area contributed by atoms with E-state index in [1.807, 2.05) is 0 Å². The lowest BCUT2D eigenvalue weighted by Crippen LogP contribution is -2.58. The molecular weight excluding hydrogens is 490 g/mol. The zero-order valence-electron chi connectivity index (χ0n) is 20.5. The van der Waals surface area contributed by atoms with Gasteiger partial charge in [-0.3, -0.25) is 19.2 Å². The fourth-order valence-corrected chi connectivity index (χ4v) is 3.68. The Kier molecular flexibility index (Phi) is 12.7. The van der Waals surface area contributed by atoms with E-state index in [0.29, 0.717) is 11.3 Å². The summed E-state index contributed by atoms with van der Waals surface area (Å²) in [6, 6.07) is 1.32. The smallest absolute Gasteiger partial charge is 0.326 e. The van der Waals surface area contributed by atoms with Crippen molar-refractivity contribution in [3.05, 3.63) is 29.8 Å². The highest BCUT2D eigenvalue weighted by Crippen LogP contribution is 2.11. The normalized spacial score (nSPS) is 14.2. The molecule has 0 saturated heterocycles. The summed E-state index contributed by atoms with van der Waals surface area (Å²) < 4.78 is 0. The molecule has 0 saturated carbocycles. The van der Waals surface area contributed by atoms with E-state index in [4.69, 9.17) is 11.5 Å². The zero-order chi connectivity index (χ0) is 27.4. The van der Waals surface area contributed by atoms with Crippen LogP contribution in [0.3, 0.4) is 0 Å². The van der Waals surface area contributed by atoms with Crippen molar-refractivity contribution in [1.29, 1.82) is 0 Å². The number of nitrogens with two attached hydrogens (primary N) is 2. The fourth-order valence-electron chi connectivity index (χ4n) is 3.21. The Morgan fingerprint density at radius 1 is 0.944 bits per heavy atom. The minimum atomic E-state index is -1.40. The average Bonchev–Trinajstić information content (AvgIpc) is 2.79. The molecule has 0 spiro atoms. The number of nitrogens with one attached hydrogen (secondary N) is 3. The standard InChI is InChI=1S/C23H35N5O7S/c1-12(2)19(23(34)35)28-21(32)16(8-9-36-3)26-22(33)17(11-18(25)30)27-20(31)15(24)10-13-4-6-14(29)7-5-13/h4-7,12,15-17,19,29H,8-11,24H2,1-3H3,(H2,25,30)(H,26,33)(H,27,31)(H,28,32)(H,34,35). The van der Waals surface area contributed by atoms with Crippen molar-refractivity contribution < 1.29 is 34.2 Å². The largest absolute Gasteiger partial charge is 0.508 e. The summed E-state index contributed by atoms with van der Waals surface area (Å²) in [5, 5.41) is 26.0. The second-order valence-electron chi connectivity index (χ2n) is 8.62. The van der Waals surface area contributed by atoms with Gasteiger partial charge in [0, 0.05) is 0 Å². The number of hydrogen-bond acceptors (Lipinski definition) is 8. The molecular formula is C23H35N5O7S. The molecule has 9 N–H and O–H groups in total. The molecule has 1 rings (SSSR count). The number of rotatable bonds is 15. The zero-order valence-corrected chi connectivity index (χ0v) is 21.3. The molecule has 13 heteroatoms. The van der Waals surface area contributed by atoms with Crippen LogP contribution in [-0.2, 0) is 30.4 Å². The molecule has 0 radical (unpaired) electrons. The third kappa shape index (κ3) is 10.5. The van der Waals surface area contributed by atoms with Crippen LogP contribution in [0, 0.1) is 5.92 Å². The molecule has 1 aromatic carbocycles. The number of phenols is 1. The Morgan fingerprint density at radius 2 is 1.50 bits per heavy atom. The van der Waals surface area contributed by atoms with E-state index >= 15 is 0 Å². The van der Waals surface area contributed by atoms with Crippen LogP contribution in [-0.4, -0.2) is 76.0 Å². The van der Waals surface area contributed by atoms with Crippen LogP contribution in [0.25, 0.3) is 0 Å². The summed E-state index contributed by atoms with van der Waals surface area (Å²) in [6.45, 7) is 3.27. The Hall–Kier alpha value is -3.32. The highest BCUT2D eigenvalue weighted by Gasteiger charge is 2.31. The first kappa shape index (κ1) is 30.7. The summed E-state index contributed by atoms with van der Waals surface area (Å²) >= 11 is 1.42. The molecule has 36 heavy (non-hydrogen) atoms. The average molecular weight is 526 g/mol. The van der Waals surface area contributed by atoms with Crippen molar-refractivity contribution in [3.63, 3.8) is 0 Å². The summed E-state index contributed by atoms with van der Waals surface area (Å²) in [5.41, 5.74) is 11.9. The quantitative estimate of drug-likeness (QED) is 0.151. The van der Waals surface area contributed by atoms with Gasteiger partial charge in [-0.05, 0) is 48.5 Å². The van der Waals surface area contributed by atoms with Crippen molar-refractivity contribution in [1.82, 2.24) is 16.0 Å². The summed E-state index contributed by atoms with van der Waals surface area (Å²) in [5.74, 6) is -4.21. The summed E-state index contributed by atoms with van der Waals surface area (Å²) in [6.07, 6.45) is 1.54. The fraction of sp³-hybridized carbons (Fsp3) is 0.522. The highest BCUT2D eigenvalue weighted by atomic mass is 32.2. The molecule has 0 aliphatic rings. The SMILES string of the molecule is CSCCC(NC(=O)C(CC(N)=O)NC(=O)C(N)Cc1ccc(O)cc1)C(=O)NC(C(=O)O)C(C)C. The van der Waals surface area contributed by atoms with Crippen molar-refractivity contribution in [2.75, 3.05) is 12.0 Å². The van der Waals surface area contributed by atoms with Gasteiger partial charge in [-0.25, -0.2) is 4.79 Å². The van der Waals surface area contributed by atoms with Gasteiger partial charge in [0.1, 0.15) is 23.9 Å². The second kappa shape index (κ2) is 14.9. The van der Waals surface area contributed by atoms with Crippen molar-refractivity contribution in [3.8, 4) is 5.75 Å². The van der Waals surface area contributed by atoms with Crippen LogP contribution < -0.4 is 27.4 Å². The number of carboxylic acids is 1. The monoisotopic (exact) mass is 525 g/mol. The molecule has 0 aliphatic heterocycles. The third-order valence-electron chi connectivity index (χ3n) is 5.24. The van der Waals surface area contributed by atoms with Gasteiger partial charge >= 0.3 is 5.97 Å². The van der Waals surface area contributed by atoms with Crippen LogP contribution in [0.4, 0.5) is 0 Å². The molecule has 4 amide bonds. The van der Waals surface area contributed by atoms with Gasteiger partial charge in [0.05, 0.1) is 12.5 Å². The first-order valence-corrected chi connectivity index (χ1v) is 12.7. The molecule has 0 aromatic heterocycles. The molecule has 200 valence electrons. The first-order chi connectivity index (χ1) is 16.8. The second-order valence-corrected chi connectivity index (χ2v) is 9.61. The van der Waals surface area contributed by atoms with Gasteiger partial charge in [-0.15, -0.1) is 0 Å². The number of primary amides is 1. The predicted octanol–water partition coefficient (Wildman–Crippen LogP) is -0.914. The van der Waals surface area contributed by atoms with Crippen molar-refractivity contribution >= 4 is 41.4 Å². The number of benzene rings is 1. The molecule has 1 aromatic rings. The number of hydrogen-bond donors (Lipinski definition) is 7. The summed E-state index contributed by atoms with van der Waals surface area (Å²) in [7, 11) is 0. The van der Waals surface area contributed by atoms with E-state index in [9.17, 15) is 34.2 Å². The lowest BCUT2D eigenvalue weighted by atomic mass is 10.0. The van der Waals surface area contributed by atoms with Crippen LogP contribution >= 0.6 is 11.8 Å². The molecule has 4 unspecified atom stereocenters. The highest BCUT2D eigenvalue weighted by molar-refractivity contribution is 7.98. The number of aromatic hydroxyl groups is 1. The molecule has 0 fully saturated rings. The van der Waals surface area contributed by atoms with Crippen LogP contribution in [0.1, 0.15) is 32.3 Å². The minimum Gasteiger partial charge on any atom is -0.508 e. The number of aliphatic carboxylic acids is 1.